The smallest absolute Gasteiger partial charge is 0.255 e. The van der Waals surface area contributed by atoms with Crippen molar-refractivity contribution in [3.63, 3.8) is 0 Å². The van der Waals surface area contributed by atoms with E-state index in [1.807, 2.05) is 6.07 Å². The van der Waals surface area contributed by atoms with Crippen molar-refractivity contribution in [2.24, 2.45) is 7.05 Å². The lowest BCUT2D eigenvalue weighted by Gasteiger charge is -2.10. The summed E-state index contributed by atoms with van der Waals surface area (Å²) in [5, 5.41) is 9.56. The van der Waals surface area contributed by atoms with Gasteiger partial charge in [0.15, 0.2) is 0 Å². The van der Waals surface area contributed by atoms with Gasteiger partial charge in [-0.2, -0.15) is 5.26 Å². The quantitative estimate of drug-likeness (QED) is 0.851. The summed E-state index contributed by atoms with van der Waals surface area (Å²) >= 11 is 11.8. The molecule has 0 aliphatic rings. The van der Waals surface area contributed by atoms with Gasteiger partial charge in [0, 0.05) is 12.6 Å². The fraction of sp³-hybridized carbons (Fsp3) is 0.143. The predicted molar refractivity (Wildman–Crippen MR) is 76.5 cm³/mol. The molecule has 0 fully saturated rings. The van der Waals surface area contributed by atoms with Crippen LogP contribution in [0.5, 0.6) is 0 Å². The predicted octanol–water partition coefficient (Wildman–Crippen LogP) is 3.43. The summed E-state index contributed by atoms with van der Waals surface area (Å²) < 4.78 is 1.51. The van der Waals surface area contributed by atoms with Gasteiger partial charge in [-0.25, -0.2) is 0 Å². The highest BCUT2D eigenvalue weighted by Gasteiger charge is 2.08. The normalized spacial score (nSPS) is 10.2. The van der Waals surface area contributed by atoms with E-state index in [1.54, 1.807) is 37.4 Å². The number of nitrogens with zero attached hydrogens (tertiary/aromatic N) is 2. The molecule has 0 amide bonds. The molecule has 0 aliphatic carbocycles. The van der Waals surface area contributed by atoms with Crippen molar-refractivity contribution < 1.29 is 0 Å². The number of hydrogen-bond acceptors (Lipinski definition) is 2. The van der Waals surface area contributed by atoms with Crippen LogP contribution in [0, 0.1) is 11.3 Å². The van der Waals surface area contributed by atoms with E-state index in [2.05, 4.69) is 0 Å². The summed E-state index contributed by atoms with van der Waals surface area (Å²) in [5.74, 6) is 0. The third-order valence-corrected chi connectivity index (χ3v) is 3.61. The highest BCUT2D eigenvalue weighted by Crippen LogP contribution is 2.27. The molecular formula is C14H10Cl2N2O. The molecule has 0 saturated heterocycles. The molecule has 96 valence electrons. The maximum Gasteiger partial charge on any atom is 0.255 e. The molecule has 0 aliphatic heterocycles. The van der Waals surface area contributed by atoms with E-state index < -0.39 is 0 Å². The first-order valence-corrected chi connectivity index (χ1v) is 6.31. The second-order valence-corrected chi connectivity index (χ2v) is 4.89. The number of pyridine rings is 1. The number of hydrogen-bond donors (Lipinski definition) is 0. The lowest BCUT2D eigenvalue weighted by Crippen LogP contribution is -2.21. The molecule has 0 saturated carbocycles. The van der Waals surface area contributed by atoms with Gasteiger partial charge in [-0.3, -0.25) is 4.79 Å². The average Bonchev–Trinajstić information content (AvgIpc) is 2.39. The minimum Gasteiger partial charge on any atom is -0.311 e. The Kier molecular flexibility index (Phi) is 3.94. The van der Waals surface area contributed by atoms with Crippen LogP contribution in [0.3, 0.4) is 0 Å². The van der Waals surface area contributed by atoms with E-state index in [0.29, 0.717) is 15.6 Å². The molecule has 0 bridgehead atoms. The van der Waals surface area contributed by atoms with Crippen LogP contribution in [0.4, 0.5) is 0 Å². The summed E-state index contributed by atoms with van der Waals surface area (Å²) in [5.41, 5.74) is 1.83. The largest absolute Gasteiger partial charge is 0.311 e. The van der Waals surface area contributed by atoms with Crippen molar-refractivity contribution in [3.05, 3.63) is 56.3 Å². The van der Waals surface area contributed by atoms with E-state index in [-0.39, 0.29) is 12.0 Å². The van der Waals surface area contributed by atoms with Crippen molar-refractivity contribution in [2.45, 2.75) is 6.42 Å². The summed E-state index contributed by atoms with van der Waals surface area (Å²) in [4.78, 5) is 12.1. The van der Waals surface area contributed by atoms with Gasteiger partial charge in [-0.05, 0) is 23.8 Å². The molecule has 2 aromatic rings. The van der Waals surface area contributed by atoms with E-state index in [1.165, 1.54) is 4.57 Å². The molecule has 5 heteroatoms. The first-order valence-electron chi connectivity index (χ1n) is 5.56. The number of rotatable bonds is 2. The van der Waals surface area contributed by atoms with E-state index in [9.17, 15) is 4.79 Å². The highest BCUT2D eigenvalue weighted by atomic mass is 35.5. The van der Waals surface area contributed by atoms with Gasteiger partial charge in [0.25, 0.3) is 5.56 Å². The number of halogens is 2. The second kappa shape index (κ2) is 5.48. The maximum absolute atomic E-state index is 12.1. The van der Waals surface area contributed by atoms with Crippen LogP contribution in [0.25, 0.3) is 11.3 Å². The van der Waals surface area contributed by atoms with Crippen LogP contribution in [0.15, 0.2) is 35.1 Å². The van der Waals surface area contributed by atoms with E-state index >= 15 is 0 Å². The van der Waals surface area contributed by atoms with E-state index in [0.717, 1.165) is 11.3 Å². The zero-order valence-corrected chi connectivity index (χ0v) is 11.7. The van der Waals surface area contributed by atoms with Crippen LogP contribution >= 0.6 is 23.2 Å². The molecule has 0 spiro atoms. The SMILES string of the molecule is Cn1c(-c2ccc(Cl)c(Cl)c2)ccc(CC#N)c1=O. The summed E-state index contributed by atoms with van der Waals surface area (Å²) in [7, 11) is 1.67. The van der Waals surface area contributed by atoms with Gasteiger partial charge in [-0.15, -0.1) is 0 Å². The summed E-state index contributed by atoms with van der Waals surface area (Å²) in [6, 6.07) is 10.6. The number of benzene rings is 1. The van der Waals surface area contributed by atoms with Gasteiger partial charge in [0.2, 0.25) is 0 Å². The third-order valence-electron chi connectivity index (χ3n) is 2.87. The molecule has 1 aromatic carbocycles. The third kappa shape index (κ3) is 2.65. The summed E-state index contributed by atoms with van der Waals surface area (Å²) in [6.07, 6.45) is 0.105. The van der Waals surface area contributed by atoms with Gasteiger partial charge in [0.1, 0.15) is 0 Å². The van der Waals surface area contributed by atoms with Crippen molar-refractivity contribution in [1.82, 2.24) is 4.57 Å². The zero-order chi connectivity index (χ0) is 14.0. The fourth-order valence-corrected chi connectivity index (χ4v) is 2.15. The van der Waals surface area contributed by atoms with Gasteiger partial charge in [-0.1, -0.05) is 35.3 Å². The zero-order valence-electron chi connectivity index (χ0n) is 10.2. The lowest BCUT2D eigenvalue weighted by atomic mass is 10.1. The van der Waals surface area contributed by atoms with Gasteiger partial charge in [0.05, 0.1) is 28.2 Å². The van der Waals surface area contributed by atoms with Gasteiger partial charge < -0.3 is 4.57 Å². The van der Waals surface area contributed by atoms with Crippen LogP contribution in [0.1, 0.15) is 5.56 Å². The highest BCUT2D eigenvalue weighted by molar-refractivity contribution is 6.42. The Morgan fingerprint density at radius 2 is 1.95 bits per heavy atom. The molecule has 2 rings (SSSR count). The maximum atomic E-state index is 12.1. The number of aromatic nitrogens is 1. The molecular weight excluding hydrogens is 283 g/mol. The first kappa shape index (κ1) is 13.7. The van der Waals surface area contributed by atoms with E-state index in [4.69, 9.17) is 28.5 Å². The molecule has 0 radical (unpaired) electrons. The minimum atomic E-state index is -0.176. The van der Waals surface area contributed by atoms with Crippen LogP contribution in [-0.4, -0.2) is 4.57 Å². The molecule has 0 atom stereocenters. The molecule has 0 unspecified atom stereocenters. The van der Waals surface area contributed by atoms with Crippen molar-refractivity contribution >= 4 is 23.2 Å². The Morgan fingerprint density at radius 3 is 2.58 bits per heavy atom. The van der Waals surface area contributed by atoms with Crippen molar-refractivity contribution in [1.29, 1.82) is 5.26 Å². The monoisotopic (exact) mass is 292 g/mol. The molecule has 0 N–H and O–H groups in total. The Balaban J connectivity index is 2.58. The van der Waals surface area contributed by atoms with Gasteiger partial charge >= 0.3 is 0 Å². The fourth-order valence-electron chi connectivity index (χ4n) is 1.85. The average molecular weight is 293 g/mol. The van der Waals surface area contributed by atoms with Crippen LogP contribution in [0.2, 0.25) is 10.0 Å². The molecule has 1 aromatic heterocycles. The van der Waals surface area contributed by atoms with Crippen molar-refractivity contribution in [3.8, 4) is 17.3 Å². The van der Waals surface area contributed by atoms with Crippen LogP contribution < -0.4 is 5.56 Å². The standard InChI is InChI=1S/C14H10Cl2N2O/c1-18-13(5-3-9(6-7-17)14(18)19)10-2-4-11(15)12(16)8-10/h2-5,8H,6H2,1H3. The first-order chi connectivity index (χ1) is 9.04. The second-order valence-electron chi connectivity index (χ2n) is 4.07. The summed E-state index contributed by atoms with van der Waals surface area (Å²) in [6.45, 7) is 0. The minimum absolute atomic E-state index is 0.105. The lowest BCUT2D eigenvalue weighted by molar-refractivity contribution is 0.852. The molecule has 3 nitrogen and oxygen atoms in total. The Morgan fingerprint density at radius 1 is 1.21 bits per heavy atom. The topological polar surface area (TPSA) is 45.8 Å². The number of nitriles is 1. The molecule has 19 heavy (non-hydrogen) atoms. The van der Waals surface area contributed by atoms with Crippen LogP contribution in [-0.2, 0) is 13.5 Å². The Labute approximate surface area is 120 Å². The Bertz CT molecular complexity index is 729. The van der Waals surface area contributed by atoms with Crippen molar-refractivity contribution in [2.75, 3.05) is 0 Å². The Hall–Kier alpha value is -1.76. The molecule has 1 heterocycles.